The van der Waals surface area contributed by atoms with Crippen molar-refractivity contribution >= 4 is 23.4 Å². The molecular weight excluding hydrogens is 360 g/mol. The van der Waals surface area contributed by atoms with Crippen LogP contribution < -0.4 is 5.32 Å². The summed E-state index contributed by atoms with van der Waals surface area (Å²) >= 11 is 1.38. The molecule has 0 radical (unpaired) electrons. The van der Waals surface area contributed by atoms with Gasteiger partial charge >= 0.3 is 0 Å². The Bertz CT molecular complexity index is 945. The normalized spacial score (nSPS) is 12.4. The fourth-order valence-corrected chi connectivity index (χ4v) is 3.64. The van der Waals surface area contributed by atoms with E-state index < -0.39 is 0 Å². The molecule has 0 aliphatic rings. The summed E-state index contributed by atoms with van der Waals surface area (Å²) in [6.45, 7) is 7.98. The number of nitrogens with one attached hydrogen (secondary N) is 1. The Hall–Kier alpha value is -2.54. The van der Waals surface area contributed by atoms with Crippen molar-refractivity contribution in [3.05, 3.63) is 47.9 Å². The fraction of sp³-hybridized carbons (Fsp3) is 0.350. The summed E-state index contributed by atoms with van der Waals surface area (Å²) in [4.78, 5) is 12.7. The standard InChI is InChI=1S/C20H24N4O2S/c1-12(2)15-8-6-7-9-17(15)21-19(25)14(4)27-20-23-22-18(24(20)5)16-10-11-26-13(16)3/h6-12,14H,1-5H3,(H,21,25). The number of hydrogen-bond donors (Lipinski definition) is 1. The van der Waals surface area contributed by atoms with E-state index in [1.807, 2.05) is 55.8 Å². The molecule has 6 nitrogen and oxygen atoms in total. The van der Waals surface area contributed by atoms with Crippen LogP contribution in [-0.4, -0.2) is 25.9 Å². The summed E-state index contributed by atoms with van der Waals surface area (Å²) < 4.78 is 7.23. The van der Waals surface area contributed by atoms with Crippen LogP contribution in [0.4, 0.5) is 5.69 Å². The van der Waals surface area contributed by atoms with E-state index in [0.717, 1.165) is 28.4 Å². The van der Waals surface area contributed by atoms with Crippen molar-refractivity contribution in [2.45, 2.75) is 44.0 Å². The van der Waals surface area contributed by atoms with E-state index in [0.29, 0.717) is 11.1 Å². The van der Waals surface area contributed by atoms with Crippen LogP contribution in [0.25, 0.3) is 11.4 Å². The predicted molar refractivity (Wildman–Crippen MR) is 108 cm³/mol. The lowest BCUT2D eigenvalue weighted by Gasteiger charge is -2.16. The second kappa shape index (κ2) is 8.00. The number of carbonyl (C=O) groups is 1. The number of rotatable bonds is 6. The number of anilines is 1. The van der Waals surface area contributed by atoms with Crippen molar-refractivity contribution in [3.63, 3.8) is 0 Å². The van der Waals surface area contributed by atoms with Crippen LogP contribution in [0.15, 0.2) is 46.2 Å². The Morgan fingerprint density at radius 1 is 1.19 bits per heavy atom. The molecule has 0 spiro atoms. The zero-order chi connectivity index (χ0) is 19.6. The maximum atomic E-state index is 12.7. The first-order valence-corrected chi connectivity index (χ1v) is 9.76. The van der Waals surface area contributed by atoms with Gasteiger partial charge in [0.25, 0.3) is 0 Å². The van der Waals surface area contributed by atoms with Crippen molar-refractivity contribution in [2.24, 2.45) is 7.05 Å². The zero-order valence-electron chi connectivity index (χ0n) is 16.2. The number of thioether (sulfide) groups is 1. The van der Waals surface area contributed by atoms with Crippen LogP contribution in [0.3, 0.4) is 0 Å². The van der Waals surface area contributed by atoms with Gasteiger partial charge in [0.05, 0.1) is 17.1 Å². The Balaban J connectivity index is 1.73. The molecule has 0 bridgehead atoms. The number of amides is 1. The van der Waals surface area contributed by atoms with Gasteiger partial charge in [-0.3, -0.25) is 4.79 Å². The lowest BCUT2D eigenvalue weighted by molar-refractivity contribution is -0.115. The summed E-state index contributed by atoms with van der Waals surface area (Å²) in [5.41, 5.74) is 2.89. The highest BCUT2D eigenvalue weighted by molar-refractivity contribution is 8.00. The molecule has 2 aromatic heterocycles. The second-order valence-corrected chi connectivity index (χ2v) is 8.05. The van der Waals surface area contributed by atoms with Gasteiger partial charge in [-0.1, -0.05) is 43.8 Å². The Morgan fingerprint density at radius 2 is 1.93 bits per heavy atom. The summed E-state index contributed by atoms with van der Waals surface area (Å²) in [7, 11) is 1.89. The number of furan rings is 1. The van der Waals surface area contributed by atoms with Gasteiger partial charge in [-0.25, -0.2) is 0 Å². The summed E-state index contributed by atoms with van der Waals surface area (Å²) in [6, 6.07) is 9.77. The summed E-state index contributed by atoms with van der Waals surface area (Å²) in [6.07, 6.45) is 1.63. The molecule has 1 unspecified atom stereocenters. The molecule has 1 aromatic carbocycles. The molecular formula is C20H24N4O2S. The molecule has 27 heavy (non-hydrogen) atoms. The minimum absolute atomic E-state index is 0.0582. The van der Waals surface area contributed by atoms with Gasteiger partial charge in [-0.15, -0.1) is 10.2 Å². The van der Waals surface area contributed by atoms with Crippen LogP contribution in [0, 0.1) is 6.92 Å². The number of benzene rings is 1. The van der Waals surface area contributed by atoms with E-state index in [1.54, 1.807) is 6.26 Å². The van der Waals surface area contributed by atoms with Gasteiger partial charge in [0.15, 0.2) is 11.0 Å². The van der Waals surface area contributed by atoms with Crippen molar-refractivity contribution in [1.29, 1.82) is 0 Å². The number of nitrogens with zero attached hydrogens (tertiary/aromatic N) is 3. The third-order valence-corrected chi connectivity index (χ3v) is 5.56. The quantitative estimate of drug-likeness (QED) is 0.628. The third-order valence-electron chi connectivity index (χ3n) is 4.43. The van der Waals surface area contributed by atoms with Crippen LogP contribution in [0.1, 0.15) is 38.0 Å². The maximum Gasteiger partial charge on any atom is 0.237 e. The zero-order valence-corrected chi connectivity index (χ0v) is 17.0. The van der Waals surface area contributed by atoms with Crippen LogP contribution in [-0.2, 0) is 11.8 Å². The minimum atomic E-state index is -0.314. The average molecular weight is 385 g/mol. The van der Waals surface area contributed by atoms with Gasteiger partial charge in [0.1, 0.15) is 5.76 Å². The summed E-state index contributed by atoms with van der Waals surface area (Å²) in [5.74, 6) is 1.79. The molecule has 0 saturated carbocycles. The van der Waals surface area contributed by atoms with E-state index in [4.69, 9.17) is 4.42 Å². The molecule has 0 saturated heterocycles. The number of hydrogen-bond acceptors (Lipinski definition) is 5. The minimum Gasteiger partial charge on any atom is -0.469 e. The van der Waals surface area contributed by atoms with Gasteiger partial charge in [-0.05, 0) is 37.5 Å². The highest BCUT2D eigenvalue weighted by atomic mass is 32.2. The van der Waals surface area contributed by atoms with E-state index in [9.17, 15) is 4.79 Å². The number of aromatic nitrogens is 3. The largest absolute Gasteiger partial charge is 0.469 e. The van der Waals surface area contributed by atoms with Crippen LogP contribution >= 0.6 is 11.8 Å². The molecule has 3 aromatic rings. The van der Waals surface area contributed by atoms with Gasteiger partial charge in [0, 0.05) is 12.7 Å². The highest BCUT2D eigenvalue weighted by Crippen LogP contribution is 2.29. The first-order chi connectivity index (χ1) is 12.9. The van der Waals surface area contributed by atoms with Crippen LogP contribution in [0.2, 0.25) is 0 Å². The molecule has 1 atom stereocenters. The molecule has 0 aliphatic heterocycles. The second-order valence-electron chi connectivity index (χ2n) is 6.75. The summed E-state index contributed by atoms with van der Waals surface area (Å²) in [5, 5.41) is 11.9. The predicted octanol–water partition coefficient (Wildman–Crippen LogP) is 4.63. The Morgan fingerprint density at radius 3 is 2.59 bits per heavy atom. The Labute approximate surface area is 163 Å². The first-order valence-electron chi connectivity index (χ1n) is 8.88. The molecule has 7 heteroatoms. The molecule has 142 valence electrons. The first kappa shape index (κ1) is 19.2. The van der Waals surface area contributed by atoms with Gasteiger partial charge < -0.3 is 14.3 Å². The Kier molecular flexibility index (Phi) is 5.70. The molecule has 0 aliphatic carbocycles. The third kappa shape index (κ3) is 4.08. The van der Waals surface area contributed by atoms with Gasteiger partial charge in [0.2, 0.25) is 5.91 Å². The van der Waals surface area contributed by atoms with E-state index in [1.165, 1.54) is 11.8 Å². The van der Waals surface area contributed by atoms with Crippen molar-refractivity contribution < 1.29 is 9.21 Å². The van der Waals surface area contributed by atoms with Gasteiger partial charge in [-0.2, -0.15) is 0 Å². The average Bonchev–Trinajstić information content (AvgIpc) is 3.21. The number of aryl methyl sites for hydroxylation is 1. The van der Waals surface area contributed by atoms with Crippen molar-refractivity contribution in [3.8, 4) is 11.4 Å². The molecule has 3 rings (SSSR count). The van der Waals surface area contributed by atoms with E-state index >= 15 is 0 Å². The molecule has 0 fully saturated rings. The SMILES string of the molecule is Cc1occc1-c1nnc(SC(C)C(=O)Nc2ccccc2C(C)C)n1C. The maximum absolute atomic E-state index is 12.7. The topological polar surface area (TPSA) is 72.9 Å². The number of carbonyl (C=O) groups excluding carboxylic acids is 1. The van der Waals surface area contributed by atoms with Crippen molar-refractivity contribution in [1.82, 2.24) is 14.8 Å². The van der Waals surface area contributed by atoms with Crippen LogP contribution in [0.5, 0.6) is 0 Å². The molecule has 2 heterocycles. The smallest absolute Gasteiger partial charge is 0.237 e. The molecule has 1 N–H and O–H groups in total. The number of para-hydroxylation sites is 1. The lowest BCUT2D eigenvalue weighted by Crippen LogP contribution is -2.23. The van der Waals surface area contributed by atoms with Crippen molar-refractivity contribution in [2.75, 3.05) is 5.32 Å². The van der Waals surface area contributed by atoms with E-state index in [-0.39, 0.29) is 11.2 Å². The van der Waals surface area contributed by atoms with E-state index in [2.05, 4.69) is 29.4 Å². The fourth-order valence-electron chi connectivity index (χ4n) is 2.83. The highest BCUT2D eigenvalue weighted by Gasteiger charge is 2.21. The molecule has 1 amide bonds. The monoisotopic (exact) mass is 384 g/mol. The lowest BCUT2D eigenvalue weighted by atomic mass is 10.0.